The van der Waals surface area contributed by atoms with Crippen molar-refractivity contribution in [2.45, 2.75) is 58.9 Å². The Morgan fingerprint density at radius 2 is 1.61 bits per heavy atom. The average molecular weight is 253 g/mol. The molecule has 1 saturated carbocycles. The van der Waals surface area contributed by atoms with Gasteiger partial charge in [0.05, 0.1) is 5.41 Å². The molecule has 0 aromatic carbocycles. The van der Waals surface area contributed by atoms with E-state index < -0.39 is 11.4 Å². The number of carbonyl (C=O) groups is 1. The number of piperidine rings is 1. The molecule has 1 N–H and O–H groups in total. The summed E-state index contributed by atoms with van der Waals surface area (Å²) in [5.74, 6) is 1.03. The van der Waals surface area contributed by atoms with Crippen LogP contribution in [0.1, 0.15) is 52.9 Å². The van der Waals surface area contributed by atoms with E-state index in [0.717, 1.165) is 37.8 Å². The molecule has 2 atom stereocenters. The normalized spacial score (nSPS) is 37.4. The first kappa shape index (κ1) is 13.9. The second-order valence-corrected chi connectivity index (χ2v) is 6.97. The average Bonchev–Trinajstić information content (AvgIpc) is 2.28. The Balaban J connectivity index is 1.91. The van der Waals surface area contributed by atoms with Crippen molar-refractivity contribution in [2.24, 2.45) is 17.3 Å². The molecule has 3 heteroatoms. The number of nitrogens with zero attached hydrogens (tertiary/aromatic N) is 1. The van der Waals surface area contributed by atoms with E-state index in [1.807, 2.05) is 6.92 Å². The van der Waals surface area contributed by atoms with Gasteiger partial charge in [0.2, 0.25) is 0 Å². The largest absolute Gasteiger partial charge is 0.481 e. The monoisotopic (exact) mass is 253 g/mol. The summed E-state index contributed by atoms with van der Waals surface area (Å²) in [7, 11) is 0. The van der Waals surface area contributed by atoms with Gasteiger partial charge in [0.15, 0.2) is 0 Å². The minimum atomic E-state index is -0.618. The standard InChI is InChI=1S/C15H27NO2/c1-11-8-12(2)10-13(9-11)16-6-4-15(3,5-7-16)14(17)18/h11-13H,4-10H2,1-3H3,(H,17,18). The maximum absolute atomic E-state index is 11.2. The van der Waals surface area contributed by atoms with Crippen LogP contribution >= 0.6 is 0 Å². The van der Waals surface area contributed by atoms with Crippen molar-refractivity contribution >= 4 is 5.97 Å². The first-order valence-electron chi connectivity index (χ1n) is 7.38. The fourth-order valence-corrected chi connectivity index (χ4v) is 3.80. The second-order valence-electron chi connectivity index (χ2n) is 6.97. The molecule has 0 bridgehead atoms. The summed E-state index contributed by atoms with van der Waals surface area (Å²) in [5, 5.41) is 9.26. The first-order chi connectivity index (χ1) is 8.40. The third kappa shape index (κ3) is 2.87. The van der Waals surface area contributed by atoms with Crippen LogP contribution in [-0.4, -0.2) is 35.1 Å². The van der Waals surface area contributed by atoms with Crippen LogP contribution in [0.4, 0.5) is 0 Å². The molecular formula is C15H27NO2. The van der Waals surface area contributed by atoms with Gasteiger partial charge in [-0.15, -0.1) is 0 Å². The number of carboxylic acids is 1. The van der Waals surface area contributed by atoms with Crippen molar-refractivity contribution in [2.75, 3.05) is 13.1 Å². The van der Waals surface area contributed by atoms with E-state index in [-0.39, 0.29) is 0 Å². The van der Waals surface area contributed by atoms with Crippen LogP contribution < -0.4 is 0 Å². The minimum absolute atomic E-state index is 0.484. The first-order valence-corrected chi connectivity index (χ1v) is 7.38. The zero-order valence-corrected chi connectivity index (χ0v) is 12.0. The van der Waals surface area contributed by atoms with E-state index in [9.17, 15) is 9.90 Å². The molecule has 104 valence electrons. The van der Waals surface area contributed by atoms with Crippen LogP contribution in [-0.2, 0) is 4.79 Å². The van der Waals surface area contributed by atoms with Gasteiger partial charge in [-0.2, -0.15) is 0 Å². The van der Waals surface area contributed by atoms with Crippen molar-refractivity contribution in [1.82, 2.24) is 4.90 Å². The quantitative estimate of drug-likeness (QED) is 0.822. The molecule has 1 heterocycles. The highest BCUT2D eigenvalue weighted by Gasteiger charge is 2.39. The zero-order valence-electron chi connectivity index (χ0n) is 12.0. The molecule has 0 aromatic heterocycles. The molecule has 3 nitrogen and oxygen atoms in total. The van der Waals surface area contributed by atoms with Crippen molar-refractivity contribution in [3.63, 3.8) is 0 Å². The molecule has 1 saturated heterocycles. The molecule has 2 rings (SSSR count). The van der Waals surface area contributed by atoms with E-state index in [1.54, 1.807) is 0 Å². The van der Waals surface area contributed by atoms with Gasteiger partial charge in [-0.1, -0.05) is 13.8 Å². The van der Waals surface area contributed by atoms with Crippen LogP contribution in [0.3, 0.4) is 0 Å². The van der Waals surface area contributed by atoms with E-state index >= 15 is 0 Å². The third-order valence-electron chi connectivity index (χ3n) is 5.09. The van der Waals surface area contributed by atoms with Crippen LogP contribution in [0.2, 0.25) is 0 Å². The lowest BCUT2D eigenvalue weighted by Gasteiger charge is -2.44. The molecular weight excluding hydrogens is 226 g/mol. The van der Waals surface area contributed by atoms with Crippen LogP contribution in [0.25, 0.3) is 0 Å². The third-order valence-corrected chi connectivity index (χ3v) is 5.09. The Kier molecular flexibility index (Phi) is 4.00. The fourth-order valence-electron chi connectivity index (χ4n) is 3.80. The Morgan fingerprint density at radius 1 is 1.11 bits per heavy atom. The highest BCUT2D eigenvalue weighted by atomic mass is 16.4. The van der Waals surface area contributed by atoms with Gasteiger partial charge in [0, 0.05) is 6.04 Å². The Bertz CT molecular complexity index is 298. The van der Waals surface area contributed by atoms with Gasteiger partial charge in [-0.3, -0.25) is 4.79 Å². The van der Waals surface area contributed by atoms with Crippen molar-refractivity contribution in [1.29, 1.82) is 0 Å². The van der Waals surface area contributed by atoms with Gasteiger partial charge < -0.3 is 10.0 Å². The molecule has 0 spiro atoms. The van der Waals surface area contributed by atoms with Crippen LogP contribution in [0, 0.1) is 17.3 Å². The van der Waals surface area contributed by atoms with Gasteiger partial charge in [-0.05, 0) is 64.0 Å². The van der Waals surface area contributed by atoms with Crippen molar-refractivity contribution in [3.8, 4) is 0 Å². The van der Waals surface area contributed by atoms with Gasteiger partial charge in [-0.25, -0.2) is 0 Å². The van der Waals surface area contributed by atoms with Crippen molar-refractivity contribution in [3.05, 3.63) is 0 Å². The van der Waals surface area contributed by atoms with Gasteiger partial charge in [0.25, 0.3) is 0 Å². The topological polar surface area (TPSA) is 40.5 Å². The van der Waals surface area contributed by atoms with E-state index in [1.165, 1.54) is 19.3 Å². The summed E-state index contributed by atoms with van der Waals surface area (Å²) in [6.07, 6.45) is 5.57. The predicted octanol–water partition coefficient (Wildman–Crippen LogP) is 3.00. The lowest BCUT2D eigenvalue weighted by Crippen LogP contribution is -2.48. The zero-order chi connectivity index (χ0) is 13.3. The Hall–Kier alpha value is -0.570. The number of carboxylic acid groups (broad SMARTS) is 1. The Labute approximate surface area is 111 Å². The predicted molar refractivity (Wildman–Crippen MR) is 72.5 cm³/mol. The summed E-state index contributed by atoms with van der Waals surface area (Å²) in [6.45, 7) is 8.54. The summed E-state index contributed by atoms with van der Waals surface area (Å²) >= 11 is 0. The molecule has 1 aliphatic heterocycles. The van der Waals surface area contributed by atoms with E-state index in [0.29, 0.717) is 6.04 Å². The lowest BCUT2D eigenvalue weighted by molar-refractivity contribution is -0.151. The van der Waals surface area contributed by atoms with Crippen LogP contribution in [0.15, 0.2) is 0 Å². The fraction of sp³-hybridized carbons (Fsp3) is 0.933. The lowest BCUT2D eigenvalue weighted by atomic mass is 9.76. The van der Waals surface area contributed by atoms with E-state index in [4.69, 9.17) is 0 Å². The summed E-state index contributed by atoms with van der Waals surface area (Å²) in [4.78, 5) is 13.8. The SMILES string of the molecule is CC1CC(C)CC(N2CCC(C)(C(=O)O)CC2)C1. The van der Waals surface area contributed by atoms with Crippen LogP contribution in [0.5, 0.6) is 0 Å². The maximum atomic E-state index is 11.2. The second kappa shape index (κ2) is 5.20. The molecule has 1 aliphatic carbocycles. The number of aliphatic carboxylic acids is 1. The molecule has 18 heavy (non-hydrogen) atoms. The van der Waals surface area contributed by atoms with Gasteiger partial charge >= 0.3 is 5.97 Å². The number of hydrogen-bond acceptors (Lipinski definition) is 2. The Morgan fingerprint density at radius 3 is 2.06 bits per heavy atom. The molecule has 2 aliphatic rings. The summed E-state index contributed by atoms with van der Waals surface area (Å²) in [5.41, 5.74) is -0.484. The number of rotatable bonds is 2. The van der Waals surface area contributed by atoms with Crippen molar-refractivity contribution < 1.29 is 9.90 Å². The minimum Gasteiger partial charge on any atom is -0.481 e. The molecule has 2 fully saturated rings. The van der Waals surface area contributed by atoms with Gasteiger partial charge in [0.1, 0.15) is 0 Å². The highest BCUT2D eigenvalue weighted by molar-refractivity contribution is 5.74. The summed E-state index contributed by atoms with van der Waals surface area (Å²) < 4.78 is 0. The smallest absolute Gasteiger partial charge is 0.309 e. The maximum Gasteiger partial charge on any atom is 0.309 e. The van der Waals surface area contributed by atoms with E-state index in [2.05, 4.69) is 18.7 Å². The molecule has 0 aromatic rings. The number of hydrogen-bond donors (Lipinski definition) is 1. The molecule has 2 unspecified atom stereocenters. The molecule has 0 radical (unpaired) electrons. The molecule has 0 amide bonds. The number of likely N-dealkylation sites (tertiary alicyclic amines) is 1. The summed E-state index contributed by atoms with van der Waals surface area (Å²) in [6, 6.07) is 0.696. The highest BCUT2D eigenvalue weighted by Crippen LogP contribution is 2.36.